The van der Waals surface area contributed by atoms with Gasteiger partial charge in [-0.3, -0.25) is 4.79 Å². The quantitative estimate of drug-likeness (QED) is 0.688. The van der Waals surface area contributed by atoms with Gasteiger partial charge in [0.25, 0.3) is 0 Å². The van der Waals surface area contributed by atoms with Gasteiger partial charge in [-0.25, -0.2) is 0 Å². The predicted molar refractivity (Wildman–Crippen MR) is 56.8 cm³/mol. The monoisotopic (exact) mass is 185 g/mol. The second-order valence-electron chi connectivity index (χ2n) is 4.18. The van der Waals surface area contributed by atoms with E-state index in [1.54, 1.807) is 0 Å². The summed E-state index contributed by atoms with van der Waals surface area (Å²) in [6.07, 6.45) is 2.91. The van der Waals surface area contributed by atoms with Gasteiger partial charge in [0.2, 0.25) is 0 Å². The Hall–Kier alpha value is -0.370. The lowest BCUT2D eigenvalue weighted by Crippen LogP contribution is -2.45. The van der Waals surface area contributed by atoms with Gasteiger partial charge < -0.3 is 5.32 Å². The maximum Gasteiger partial charge on any atom is 0.152 e. The Morgan fingerprint density at radius 2 is 1.77 bits per heavy atom. The molecule has 0 amide bonds. The zero-order valence-corrected chi connectivity index (χ0v) is 9.61. The fraction of sp³-hybridized carbons (Fsp3) is 0.909. The van der Waals surface area contributed by atoms with Crippen molar-refractivity contribution in [3.05, 3.63) is 0 Å². The maximum absolute atomic E-state index is 11.8. The number of likely N-dealkylation sites (N-methyl/N-ethyl adjacent to an activating group) is 1. The molecule has 0 aliphatic carbocycles. The lowest BCUT2D eigenvalue weighted by Gasteiger charge is -2.24. The van der Waals surface area contributed by atoms with Crippen LogP contribution in [0.15, 0.2) is 0 Å². The molecule has 13 heavy (non-hydrogen) atoms. The van der Waals surface area contributed by atoms with Crippen LogP contribution < -0.4 is 5.32 Å². The molecule has 0 aliphatic heterocycles. The molecule has 1 N–H and O–H groups in total. The van der Waals surface area contributed by atoms with Crippen LogP contribution in [0, 0.1) is 5.92 Å². The molecule has 2 nitrogen and oxygen atoms in total. The summed E-state index contributed by atoms with van der Waals surface area (Å²) in [7, 11) is 1.84. The van der Waals surface area contributed by atoms with E-state index in [1.807, 2.05) is 20.9 Å². The number of Topliss-reactive ketones (excluding diaryl/α,β-unsaturated/α-hetero) is 1. The van der Waals surface area contributed by atoms with Crippen LogP contribution in [0.3, 0.4) is 0 Å². The van der Waals surface area contributed by atoms with Crippen LogP contribution in [0.2, 0.25) is 0 Å². The molecule has 0 atom stereocenters. The topological polar surface area (TPSA) is 29.1 Å². The van der Waals surface area contributed by atoms with Gasteiger partial charge in [0, 0.05) is 6.42 Å². The van der Waals surface area contributed by atoms with Crippen LogP contribution in [0.1, 0.15) is 47.0 Å². The van der Waals surface area contributed by atoms with Crippen molar-refractivity contribution in [3.63, 3.8) is 0 Å². The molecule has 0 unspecified atom stereocenters. The largest absolute Gasteiger partial charge is 0.308 e. The Kier molecular flexibility index (Phi) is 5.23. The molecule has 0 saturated carbocycles. The van der Waals surface area contributed by atoms with Gasteiger partial charge in [-0.15, -0.1) is 0 Å². The third-order valence-corrected chi connectivity index (χ3v) is 2.95. The highest BCUT2D eigenvalue weighted by Gasteiger charge is 2.26. The first-order chi connectivity index (χ1) is 5.97. The van der Waals surface area contributed by atoms with Gasteiger partial charge in [-0.2, -0.15) is 0 Å². The molecule has 0 bridgehead atoms. The summed E-state index contributed by atoms with van der Waals surface area (Å²) in [5, 5.41) is 3.05. The Labute approximate surface area is 82.1 Å². The molecule has 0 rings (SSSR count). The van der Waals surface area contributed by atoms with E-state index in [0.29, 0.717) is 18.1 Å². The van der Waals surface area contributed by atoms with E-state index >= 15 is 0 Å². The summed E-state index contributed by atoms with van der Waals surface area (Å²) in [6.45, 7) is 8.18. The van der Waals surface area contributed by atoms with Crippen LogP contribution in [-0.2, 0) is 4.79 Å². The Bertz CT molecular complexity index is 159. The first kappa shape index (κ1) is 12.6. The minimum atomic E-state index is -0.359. The SMILES string of the molecule is CCC(CC)CC(=O)C(C)(C)NC. The molecule has 2 heteroatoms. The number of hydrogen-bond acceptors (Lipinski definition) is 2. The number of carbonyl (C=O) groups excluding carboxylic acids is 1. The molecule has 78 valence electrons. The van der Waals surface area contributed by atoms with Crippen molar-refractivity contribution >= 4 is 5.78 Å². The summed E-state index contributed by atoms with van der Waals surface area (Å²) in [5.74, 6) is 0.879. The van der Waals surface area contributed by atoms with Crippen molar-refractivity contribution in [2.24, 2.45) is 5.92 Å². The number of hydrogen-bond donors (Lipinski definition) is 1. The van der Waals surface area contributed by atoms with Crippen molar-refractivity contribution in [1.29, 1.82) is 0 Å². The van der Waals surface area contributed by atoms with Gasteiger partial charge in [0.1, 0.15) is 0 Å². The van der Waals surface area contributed by atoms with Gasteiger partial charge in [-0.1, -0.05) is 26.7 Å². The Balaban J connectivity index is 4.13. The number of rotatable bonds is 6. The summed E-state index contributed by atoms with van der Waals surface area (Å²) in [5.41, 5.74) is -0.359. The average Bonchev–Trinajstić information content (AvgIpc) is 2.13. The van der Waals surface area contributed by atoms with Crippen molar-refractivity contribution in [2.45, 2.75) is 52.5 Å². The highest BCUT2D eigenvalue weighted by atomic mass is 16.1. The third kappa shape index (κ3) is 3.90. The number of carbonyl (C=O) groups is 1. The minimum absolute atomic E-state index is 0.323. The summed E-state index contributed by atoms with van der Waals surface area (Å²) >= 11 is 0. The molecule has 0 aromatic carbocycles. The fourth-order valence-electron chi connectivity index (χ4n) is 1.23. The Morgan fingerprint density at radius 1 is 1.31 bits per heavy atom. The van der Waals surface area contributed by atoms with Crippen molar-refractivity contribution < 1.29 is 4.79 Å². The zero-order valence-electron chi connectivity index (χ0n) is 9.61. The smallest absolute Gasteiger partial charge is 0.152 e. The molecule has 0 aromatic rings. The molecular formula is C11H23NO. The van der Waals surface area contributed by atoms with Crippen molar-refractivity contribution in [1.82, 2.24) is 5.32 Å². The second kappa shape index (κ2) is 5.38. The lowest BCUT2D eigenvalue weighted by atomic mass is 9.88. The molecule has 0 saturated heterocycles. The third-order valence-electron chi connectivity index (χ3n) is 2.95. The lowest BCUT2D eigenvalue weighted by molar-refractivity contribution is -0.125. The van der Waals surface area contributed by atoms with Gasteiger partial charge in [0.05, 0.1) is 5.54 Å². The van der Waals surface area contributed by atoms with E-state index in [-0.39, 0.29) is 5.54 Å². The second-order valence-corrected chi connectivity index (χ2v) is 4.18. The van der Waals surface area contributed by atoms with Gasteiger partial charge in [-0.05, 0) is 26.8 Å². The summed E-state index contributed by atoms with van der Waals surface area (Å²) in [6, 6.07) is 0. The van der Waals surface area contributed by atoms with Crippen LogP contribution in [0.5, 0.6) is 0 Å². The Morgan fingerprint density at radius 3 is 2.08 bits per heavy atom. The predicted octanol–water partition coefficient (Wildman–Crippen LogP) is 2.38. The van der Waals surface area contributed by atoms with Crippen LogP contribution in [0.25, 0.3) is 0 Å². The van der Waals surface area contributed by atoms with Crippen LogP contribution in [-0.4, -0.2) is 18.4 Å². The summed E-state index contributed by atoms with van der Waals surface area (Å²) in [4.78, 5) is 11.8. The van der Waals surface area contributed by atoms with E-state index in [2.05, 4.69) is 19.2 Å². The molecule has 0 radical (unpaired) electrons. The molecule has 0 aliphatic rings. The first-order valence-electron chi connectivity index (χ1n) is 5.20. The number of ketones is 1. The zero-order chi connectivity index (χ0) is 10.5. The molecule has 0 spiro atoms. The first-order valence-corrected chi connectivity index (χ1v) is 5.20. The van der Waals surface area contributed by atoms with E-state index < -0.39 is 0 Å². The molecular weight excluding hydrogens is 162 g/mol. The van der Waals surface area contributed by atoms with Crippen LogP contribution >= 0.6 is 0 Å². The highest BCUT2D eigenvalue weighted by Crippen LogP contribution is 2.17. The van der Waals surface area contributed by atoms with Crippen molar-refractivity contribution in [3.8, 4) is 0 Å². The maximum atomic E-state index is 11.8. The summed E-state index contributed by atoms with van der Waals surface area (Å²) < 4.78 is 0. The van der Waals surface area contributed by atoms with E-state index in [0.717, 1.165) is 12.8 Å². The fourth-order valence-corrected chi connectivity index (χ4v) is 1.23. The molecule has 0 aromatic heterocycles. The van der Waals surface area contributed by atoms with Gasteiger partial charge in [0.15, 0.2) is 5.78 Å². The highest BCUT2D eigenvalue weighted by molar-refractivity contribution is 5.87. The van der Waals surface area contributed by atoms with E-state index in [1.165, 1.54) is 0 Å². The minimum Gasteiger partial charge on any atom is -0.308 e. The normalized spacial score (nSPS) is 12.2. The van der Waals surface area contributed by atoms with Crippen molar-refractivity contribution in [2.75, 3.05) is 7.05 Å². The molecule has 0 heterocycles. The average molecular weight is 185 g/mol. The van der Waals surface area contributed by atoms with Gasteiger partial charge >= 0.3 is 0 Å². The number of nitrogens with one attached hydrogen (secondary N) is 1. The van der Waals surface area contributed by atoms with E-state index in [9.17, 15) is 4.79 Å². The molecule has 0 fully saturated rings. The van der Waals surface area contributed by atoms with E-state index in [4.69, 9.17) is 0 Å². The van der Waals surface area contributed by atoms with Crippen LogP contribution in [0.4, 0.5) is 0 Å². The standard InChI is InChI=1S/C11H23NO/c1-6-9(7-2)8-10(13)11(3,4)12-5/h9,12H,6-8H2,1-5H3.